The van der Waals surface area contributed by atoms with Crippen LogP contribution < -0.4 is 11.3 Å². The lowest BCUT2D eigenvalue weighted by atomic mass is 10.0. The van der Waals surface area contributed by atoms with Gasteiger partial charge in [-0.3, -0.25) is 5.84 Å². The van der Waals surface area contributed by atoms with E-state index in [0.717, 1.165) is 9.90 Å². The molecule has 2 nitrogen and oxygen atoms in total. The number of thiophene rings is 1. The molecular weight excluding hydrogens is 264 g/mol. The van der Waals surface area contributed by atoms with E-state index in [9.17, 15) is 0 Å². The molecule has 1 aromatic heterocycles. The molecule has 1 aliphatic carbocycles. The van der Waals surface area contributed by atoms with Gasteiger partial charge in [0.2, 0.25) is 0 Å². The molecule has 3 N–H and O–H groups in total. The number of halogens is 1. The fraction of sp³-hybridized carbons (Fsp3) is 0.286. The Morgan fingerprint density at radius 1 is 1.22 bits per heavy atom. The number of hydrazine groups is 1. The average molecular weight is 279 g/mol. The van der Waals surface area contributed by atoms with Gasteiger partial charge in [-0.05, 0) is 47.4 Å². The average Bonchev–Trinajstić information content (AvgIpc) is 2.99. The Kier molecular flexibility index (Phi) is 3.39. The molecule has 1 unspecified atom stereocenters. The topological polar surface area (TPSA) is 38.0 Å². The lowest BCUT2D eigenvalue weighted by Crippen LogP contribution is -2.28. The van der Waals surface area contributed by atoms with Crippen LogP contribution >= 0.6 is 22.9 Å². The zero-order valence-electron chi connectivity index (χ0n) is 9.95. The van der Waals surface area contributed by atoms with Crippen molar-refractivity contribution in [3.63, 3.8) is 0 Å². The van der Waals surface area contributed by atoms with Crippen LogP contribution in [0.2, 0.25) is 5.02 Å². The maximum atomic E-state index is 6.20. The van der Waals surface area contributed by atoms with Gasteiger partial charge in [-0.2, -0.15) is 0 Å². The Morgan fingerprint density at radius 3 is 2.78 bits per heavy atom. The van der Waals surface area contributed by atoms with E-state index in [0.29, 0.717) is 0 Å². The second kappa shape index (κ2) is 5.02. The van der Waals surface area contributed by atoms with Crippen molar-refractivity contribution in [1.82, 2.24) is 5.43 Å². The second-order valence-corrected chi connectivity index (χ2v) is 5.97. The highest BCUT2D eigenvalue weighted by molar-refractivity contribution is 7.10. The summed E-state index contributed by atoms with van der Waals surface area (Å²) >= 11 is 7.83. The van der Waals surface area contributed by atoms with Crippen molar-refractivity contribution in [3.05, 3.63) is 56.2 Å². The maximum Gasteiger partial charge on any atom is 0.0817 e. The molecule has 0 aliphatic heterocycles. The van der Waals surface area contributed by atoms with Crippen molar-refractivity contribution < 1.29 is 0 Å². The van der Waals surface area contributed by atoms with Gasteiger partial charge in [0.1, 0.15) is 0 Å². The zero-order valence-corrected chi connectivity index (χ0v) is 11.5. The molecule has 94 valence electrons. The van der Waals surface area contributed by atoms with Gasteiger partial charge in [0.25, 0.3) is 0 Å². The molecule has 0 spiro atoms. The molecule has 0 saturated heterocycles. The van der Waals surface area contributed by atoms with Gasteiger partial charge in [-0.15, -0.1) is 11.3 Å². The number of aryl methyl sites for hydroxylation is 2. The standard InChI is InChI=1S/C14H15ClN2S/c15-12-6-7-18-14(12)13(17-16)11-5-4-9-2-1-3-10(9)8-11/h4-8,13,17H,1-3,16H2. The molecular formula is C14H15ClN2S. The van der Waals surface area contributed by atoms with Crippen LogP contribution in [0.15, 0.2) is 29.6 Å². The molecule has 3 rings (SSSR count). The summed E-state index contributed by atoms with van der Waals surface area (Å²) in [4.78, 5) is 1.08. The van der Waals surface area contributed by atoms with Gasteiger partial charge in [0, 0.05) is 4.88 Å². The fourth-order valence-electron chi connectivity index (χ4n) is 2.61. The molecule has 0 radical (unpaired) electrons. The van der Waals surface area contributed by atoms with Crippen LogP contribution in [0.5, 0.6) is 0 Å². The largest absolute Gasteiger partial charge is 0.271 e. The third-order valence-electron chi connectivity index (χ3n) is 3.53. The summed E-state index contributed by atoms with van der Waals surface area (Å²) < 4.78 is 0. The van der Waals surface area contributed by atoms with Crippen molar-refractivity contribution in [3.8, 4) is 0 Å². The summed E-state index contributed by atoms with van der Waals surface area (Å²) in [5.74, 6) is 5.71. The van der Waals surface area contributed by atoms with Gasteiger partial charge < -0.3 is 0 Å². The number of nitrogens with one attached hydrogen (secondary N) is 1. The first-order valence-corrected chi connectivity index (χ1v) is 7.36. The fourth-order valence-corrected chi connectivity index (χ4v) is 3.86. The Hall–Kier alpha value is -0.870. The van der Waals surface area contributed by atoms with E-state index >= 15 is 0 Å². The highest BCUT2D eigenvalue weighted by Crippen LogP contribution is 2.34. The van der Waals surface area contributed by atoms with Crippen LogP contribution in [-0.2, 0) is 12.8 Å². The van der Waals surface area contributed by atoms with E-state index in [1.54, 1.807) is 11.3 Å². The summed E-state index contributed by atoms with van der Waals surface area (Å²) in [6.45, 7) is 0. The Labute approximate surface area is 116 Å². The highest BCUT2D eigenvalue weighted by Gasteiger charge is 2.19. The van der Waals surface area contributed by atoms with Gasteiger partial charge in [-0.25, -0.2) is 5.43 Å². The van der Waals surface area contributed by atoms with Crippen LogP contribution in [0, 0.1) is 0 Å². The monoisotopic (exact) mass is 278 g/mol. The third kappa shape index (κ3) is 2.08. The summed E-state index contributed by atoms with van der Waals surface area (Å²) in [6.07, 6.45) is 3.65. The second-order valence-electron chi connectivity index (χ2n) is 4.61. The minimum absolute atomic E-state index is 0.0107. The lowest BCUT2D eigenvalue weighted by Gasteiger charge is -2.16. The predicted octanol–water partition coefficient (Wildman–Crippen LogP) is 3.44. The lowest BCUT2D eigenvalue weighted by molar-refractivity contribution is 0.646. The van der Waals surface area contributed by atoms with Crippen molar-refractivity contribution >= 4 is 22.9 Å². The van der Waals surface area contributed by atoms with Gasteiger partial charge in [-0.1, -0.05) is 29.8 Å². The zero-order chi connectivity index (χ0) is 12.5. The van der Waals surface area contributed by atoms with Crippen molar-refractivity contribution in [1.29, 1.82) is 0 Å². The van der Waals surface area contributed by atoms with Crippen LogP contribution in [0.25, 0.3) is 0 Å². The molecule has 1 aliphatic rings. The molecule has 18 heavy (non-hydrogen) atoms. The number of rotatable bonds is 3. The number of benzene rings is 1. The molecule has 1 atom stereocenters. The normalized spacial score (nSPS) is 15.7. The van der Waals surface area contributed by atoms with Gasteiger partial charge >= 0.3 is 0 Å². The van der Waals surface area contributed by atoms with Crippen molar-refractivity contribution in [2.75, 3.05) is 0 Å². The molecule has 0 saturated carbocycles. The Balaban J connectivity index is 2.00. The first-order valence-electron chi connectivity index (χ1n) is 6.10. The SMILES string of the molecule is NNC(c1ccc2c(c1)CCC2)c1sccc1Cl. The highest BCUT2D eigenvalue weighted by atomic mass is 35.5. The first-order chi connectivity index (χ1) is 8.79. The molecule has 1 heterocycles. The third-order valence-corrected chi connectivity index (χ3v) is 4.95. The minimum Gasteiger partial charge on any atom is -0.271 e. The molecule has 0 bridgehead atoms. The van der Waals surface area contributed by atoms with E-state index in [1.807, 2.05) is 11.4 Å². The van der Waals surface area contributed by atoms with Crippen LogP contribution in [0.1, 0.15) is 34.0 Å². The molecule has 2 aromatic rings. The molecule has 1 aromatic carbocycles. The summed E-state index contributed by atoms with van der Waals surface area (Å²) in [7, 11) is 0. The Bertz CT molecular complexity index is 565. The van der Waals surface area contributed by atoms with Gasteiger partial charge in [0.15, 0.2) is 0 Å². The van der Waals surface area contributed by atoms with Crippen molar-refractivity contribution in [2.45, 2.75) is 25.3 Å². The summed E-state index contributed by atoms with van der Waals surface area (Å²) in [6, 6.07) is 8.56. The van der Waals surface area contributed by atoms with Crippen LogP contribution in [0.3, 0.4) is 0 Å². The molecule has 0 fully saturated rings. The number of hydrogen-bond acceptors (Lipinski definition) is 3. The van der Waals surface area contributed by atoms with Crippen LogP contribution in [0.4, 0.5) is 0 Å². The quantitative estimate of drug-likeness (QED) is 0.667. The van der Waals surface area contributed by atoms with E-state index in [2.05, 4.69) is 23.6 Å². The van der Waals surface area contributed by atoms with Crippen LogP contribution in [-0.4, -0.2) is 0 Å². The van der Waals surface area contributed by atoms with E-state index in [4.69, 9.17) is 17.4 Å². The van der Waals surface area contributed by atoms with E-state index < -0.39 is 0 Å². The number of nitrogens with two attached hydrogens (primary N) is 1. The van der Waals surface area contributed by atoms with E-state index in [-0.39, 0.29) is 6.04 Å². The number of fused-ring (bicyclic) bond motifs is 1. The molecule has 0 amide bonds. The van der Waals surface area contributed by atoms with Crippen molar-refractivity contribution in [2.24, 2.45) is 5.84 Å². The summed E-state index contributed by atoms with van der Waals surface area (Å²) in [5.41, 5.74) is 7.01. The first kappa shape index (κ1) is 12.2. The minimum atomic E-state index is -0.0107. The Morgan fingerprint density at radius 2 is 2.06 bits per heavy atom. The maximum absolute atomic E-state index is 6.20. The predicted molar refractivity (Wildman–Crippen MR) is 77.0 cm³/mol. The van der Waals surface area contributed by atoms with E-state index in [1.165, 1.54) is 36.0 Å². The molecule has 4 heteroatoms. The smallest absolute Gasteiger partial charge is 0.0817 e. The summed E-state index contributed by atoms with van der Waals surface area (Å²) in [5, 5.41) is 2.78. The van der Waals surface area contributed by atoms with Gasteiger partial charge in [0.05, 0.1) is 11.1 Å². The number of hydrogen-bond donors (Lipinski definition) is 2.